The summed E-state index contributed by atoms with van der Waals surface area (Å²) in [5, 5.41) is 8.99. The van der Waals surface area contributed by atoms with E-state index < -0.39 is 12.0 Å². The van der Waals surface area contributed by atoms with Gasteiger partial charge in [0.15, 0.2) is 0 Å². The van der Waals surface area contributed by atoms with Crippen molar-refractivity contribution in [3.05, 3.63) is 18.2 Å². The lowest BCUT2D eigenvalue weighted by molar-refractivity contribution is -0.138. The van der Waals surface area contributed by atoms with Gasteiger partial charge in [-0.05, 0) is 19.1 Å². The van der Waals surface area contributed by atoms with Gasteiger partial charge >= 0.3 is 5.97 Å². The highest BCUT2D eigenvalue weighted by Gasteiger charge is 2.20. The minimum atomic E-state index is -0.891. The first kappa shape index (κ1) is 13.2. The zero-order chi connectivity index (χ0) is 13.0. The SMILES string of the molecule is COc1ccc(OC)c(N(C)C(C)C(=O)O)c1. The number of carboxylic acids is 1. The van der Waals surface area contributed by atoms with Gasteiger partial charge in [0.25, 0.3) is 0 Å². The van der Waals surface area contributed by atoms with Gasteiger partial charge in [0, 0.05) is 13.1 Å². The third-order valence-corrected chi connectivity index (χ3v) is 2.70. The van der Waals surface area contributed by atoms with Crippen LogP contribution in [0.25, 0.3) is 0 Å². The van der Waals surface area contributed by atoms with Crippen LogP contribution in [0, 0.1) is 0 Å². The molecule has 1 atom stereocenters. The number of benzene rings is 1. The molecule has 17 heavy (non-hydrogen) atoms. The number of carboxylic acid groups (broad SMARTS) is 1. The Morgan fingerprint density at radius 3 is 2.47 bits per heavy atom. The Balaban J connectivity index is 3.13. The number of aliphatic carboxylic acids is 1. The normalized spacial score (nSPS) is 11.8. The molecule has 0 aliphatic heterocycles. The smallest absolute Gasteiger partial charge is 0.326 e. The topological polar surface area (TPSA) is 59.0 Å². The average molecular weight is 239 g/mol. The molecule has 0 aromatic heterocycles. The molecule has 1 aromatic rings. The first-order valence-electron chi connectivity index (χ1n) is 5.19. The van der Waals surface area contributed by atoms with Crippen molar-refractivity contribution in [3.63, 3.8) is 0 Å². The van der Waals surface area contributed by atoms with Crippen LogP contribution in [0.4, 0.5) is 5.69 Å². The van der Waals surface area contributed by atoms with Crippen LogP contribution in [0.2, 0.25) is 0 Å². The molecule has 0 heterocycles. The summed E-state index contributed by atoms with van der Waals surface area (Å²) in [6.45, 7) is 1.61. The fourth-order valence-electron chi connectivity index (χ4n) is 1.45. The van der Waals surface area contributed by atoms with E-state index in [1.807, 2.05) is 0 Å². The summed E-state index contributed by atoms with van der Waals surface area (Å²) in [7, 11) is 4.81. The van der Waals surface area contributed by atoms with Crippen LogP contribution < -0.4 is 14.4 Å². The average Bonchev–Trinajstić information content (AvgIpc) is 2.35. The molecule has 0 aliphatic carbocycles. The predicted octanol–water partition coefficient (Wildman–Crippen LogP) is 1.61. The maximum absolute atomic E-state index is 11.0. The molecule has 0 aliphatic rings. The number of methoxy groups -OCH3 is 2. The molecule has 94 valence electrons. The third kappa shape index (κ3) is 2.81. The molecular formula is C12H17NO4. The van der Waals surface area contributed by atoms with Gasteiger partial charge in [-0.1, -0.05) is 0 Å². The van der Waals surface area contributed by atoms with E-state index in [9.17, 15) is 4.79 Å². The summed E-state index contributed by atoms with van der Waals surface area (Å²) >= 11 is 0. The zero-order valence-corrected chi connectivity index (χ0v) is 10.4. The van der Waals surface area contributed by atoms with Crippen molar-refractivity contribution in [2.75, 3.05) is 26.2 Å². The van der Waals surface area contributed by atoms with E-state index in [1.54, 1.807) is 51.3 Å². The molecule has 0 saturated heterocycles. The second-order valence-electron chi connectivity index (χ2n) is 3.66. The van der Waals surface area contributed by atoms with Gasteiger partial charge in [-0.2, -0.15) is 0 Å². The Kier molecular flexibility index (Phi) is 4.20. The van der Waals surface area contributed by atoms with Crippen LogP contribution in [-0.4, -0.2) is 38.4 Å². The summed E-state index contributed by atoms with van der Waals surface area (Å²) in [5.74, 6) is 0.379. The molecule has 1 rings (SSSR count). The Labute approximate surface area is 101 Å². The molecule has 0 saturated carbocycles. The highest BCUT2D eigenvalue weighted by atomic mass is 16.5. The number of likely N-dealkylation sites (N-methyl/N-ethyl adjacent to an activating group) is 1. The molecule has 0 radical (unpaired) electrons. The molecule has 0 amide bonds. The van der Waals surface area contributed by atoms with Crippen LogP contribution >= 0.6 is 0 Å². The van der Waals surface area contributed by atoms with E-state index in [4.69, 9.17) is 14.6 Å². The Hall–Kier alpha value is -1.91. The van der Waals surface area contributed by atoms with Crippen molar-refractivity contribution >= 4 is 11.7 Å². The van der Waals surface area contributed by atoms with Crippen LogP contribution in [0.5, 0.6) is 11.5 Å². The van der Waals surface area contributed by atoms with Crippen molar-refractivity contribution in [1.29, 1.82) is 0 Å². The molecular weight excluding hydrogens is 222 g/mol. The molecule has 1 aromatic carbocycles. The van der Waals surface area contributed by atoms with Gasteiger partial charge in [-0.25, -0.2) is 4.79 Å². The molecule has 0 bridgehead atoms. The number of ether oxygens (including phenoxy) is 2. The Bertz CT molecular complexity index is 405. The van der Waals surface area contributed by atoms with E-state index in [1.165, 1.54) is 0 Å². The van der Waals surface area contributed by atoms with Crippen LogP contribution in [0.1, 0.15) is 6.92 Å². The standard InChI is InChI=1S/C12H17NO4/c1-8(12(14)15)13(2)10-7-9(16-3)5-6-11(10)17-4/h5-8H,1-4H3,(H,14,15). The van der Waals surface area contributed by atoms with Gasteiger partial charge in [-0.3, -0.25) is 0 Å². The van der Waals surface area contributed by atoms with Gasteiger partial charge in [0.2, 0.25) is 0 Å². The molecule has 1 N–H and O–H groups in total. The van der Waals surface area contributed by atoms with Crippen LogP contribution in [0.15, 0.2) is 18.2 Å². The Morgan fingerprint density at radius 2 is 2.00 bits per heavy atom. The number of rotatable bonds is 5. The molecule has 0 fully saturated rings. The van der Waals surface area contributed by atoms with Crippen molar-refractivity contribution in [1.82, 2.24) is 0 Å². The van der Waals surface area contributed by atoms with E-state index in [0.717, 1.165) is 0 Å². The number of nitrogens with zero attached hydrogens (tertiary/aromatic N) is 1. The van der Waals surface area contributed by atoms with Crippen LogP contribution in [0.3, 0.4) is 0 Å². The maximum atomic E-state index is 11.0. The third-order valence-electron chi connectivity index (χ3n) is 2.70. The summed E-state index contributed by atoms with van der Waals surface area (Å²) in [6, 6.07) is 4.62. The van der Waals surface area contributed by atoms with E-state index in [-0.39, 0.29) is 0 Å². The predicted molar refractivity (Wildman–Crippen MR) is 65.0 cm³/mol. The largest absolute Gasteiger partial charge is 0.497 e. The summed E-state index contributed by atoms with van der Waals surface area (Å²) in [4.78, 5) is 12.6. The van der Waals surface area contributed by atoms with Gasteiger partial charge in [0.1, 0.15) is 17.5 Å². The lowest BCUT2D eigenvalue weighted by atomic mass is 10.2. The second-order valence-corrected chi connectivity index (χ2v) is 3.66. The quantitative estimate of drug-likeness (QED) is 0.846. The van der Waals surface area contributed by atoms with E-state index >= 15 is 0 Å². The van der Waals surface area contributed by atoms with Crippen molar-refractivity contribution in [2.24, 2.45) is 0 Å². The molecule has 5 nitrogen and oxygen atoms in total. The van der Waals surface area contributed by atoms with Crippen molar-refractivity contribution in [3.8, 4) is 11.5 Å². The highest BCUT2D eigenvalue weighted by Crippen LogP contribution is 2.32. The first-order chi connectivity index (χ1) is 8.01. The zero-order valence-electron chi connectivity index (χ0n) is 10.4. The number of carbonyl (C=O) groups is 1. The van der Waals surface area contributed by atoms with Gasteiger partial charge < -0.3 is 19.5 Å². The number of hydrogen-bond donors (Lipinski definition) is 1. The lowest BCUT2D eigenvalue weighted by Crippen LogP contribution is -2.35. The maximum Gasteiger partial charge on any atom is 0.326 e. The fourth-order valence-corrected chi connectivity index (χ4v) is 1.45. The molecule has 1 unspecified atom stereocenters. The molecule has 0 spiro atoms. The summed E-state index contributed by atoms with van der Waals surface area (Å²) in [6.07, 6.45) is 0. The monoisotopic (exact) mass is 239 g/mol. The minimum absolute atomic E-state index is 0.612. The Morgan fingerprint density at radius 1 is 1.35 bits per heavy atom. The molecule has 5 heteroatoms. The van der Waals surface area contributed by atoms with Gasteiger partial charge in [-0.15, -0.1) is 0 Å². The summed E-state index contributed by atoms with van der Waals surface area (Å²) < 4.78 is 10.3. The summed E-state index contributed by atoms with van der Waals surface area (Å²) in [5.41, 5.74) is 0.682. The number of anilines is 1. The van der Waals surface area contributed by atoms with Crippen molar-refractivity contribution in [2.45, 2.75) is 13.0 Å². The van der Waals surface area contributed by atoms with Gasteiger partial charge in [0.05, 0.1) is 19.9 Å². The fraction of sp³-hybridized carbons (Fsp3) is 0.417. The first-order valence-corrected chi connectivity index (χ1v) is 5.19. The van der Waals surface area contributed by atoms with Crippen LogP contribution in [-0.2, 0) is 4.79 Å². The lowest BCUT2D eigenvalue weighted by Gasteiger charge is -2.25. The minimum Gasteiger partial charge on any atom is -0.497 e. The second kappa shape index (κ2) is 5.43. The van der Waals surface area contributed by atoms with E-state index in [0.29, 0.717) is 17.2 Å². The van der Waals surface area contributed by atoms with E-state index in [2.05, 4.69) is 0 Å². The number of hydrogen-bond acceptors (Lipinski definition) is 4. The van der Waals surface area contributed by atoms with Crippen molar-refractivity contribution < 1.29 is 19.4 Å². The highest BCUT2D eigenvalue weighted by molar-refractivity contribution is 5.79.